The van der Waals surface area contributed by atoms with Crippen molar-refractivity contribution in [3.05, 3.63) is 0 Å². The molecule has 0 aliphatic carbocycles. The van der Waals surface area contributed by atoms with Gasteiger partial charge in [-0.25, -0.2) is 8.42 Å². The Morgan fingerprint density at radius 1 is 1.29 bits per heavy atom. The molecule has 3 nitrogen and oxygen atoms in total. The van der Waals surface area contributed by atoms with Gasteiger partial charge in [-0.2, -0.15) is 5.26 Å². The first-order valence-electron chi connectivity index (χ1n) is 4.94. The van der Waals surface area contributed by atoms with Crippen LogP contribution in [-0.4, -0.2) is 19.9 Å². The average molecular weight is 217 g/mol. The first-order valence-corrected chi connectivity index (χ1v) is 6.77. The highest BCUT2D eigenvalue weighted by Crippen LogP contribution is 2.21. The van der Waals surface area contributed by atoms with Crippen molar-refractivity contribution in [1.82, 2.24) is 0 Å². The van der Waals surface area contributed by atoms with Crippen LogP contribution in [0.4, 0.5) is 0 Å². The predicted molar refractivity (Wildman–Crippen MR) is 57.6 cm³/mol. The molecule has 82 valence electrons. The van der Waals surface area contributed by atoms with Crippen LogP contribution >= 0.6 is 0 Å². The summed E-state index contributed by atoms with van der Waals surface area (Å²) in [6, 6.07) is 2.16. The Balaban J connectivity index is 3.93. The van der Waals surface area contributed by atoms with Crippen molar-refractivity contribution in [2.75, 3.05) is 11.5 Å². The van der Waals surface area contributed by atoms with Gasteiger partial charge >= 0.3 is 0 Å². The molecule has 4 heteroatoms. The van der Waals surface area contributed by atoms with Crippen LogP contribution in [0.15, 0.2) is 0 Å². The zero-order valence-corrected chi connectivity index (χ0v) is 10.0. The van der Waals surface area contributed by atoms with Gasteiger partial charge in [-0.15, -0.1) is 0 Å². The van der Waals surface area contributed by atoms with E-state index in [4.69, 9.17) is 5.26 Å². The van der Waals surface area contributed by atoms with Crippen molar-refractivity contribution in [2.45, 2.75) is 40.0 Å². The van der Waals surface area contributed by atoms with Gasteiger partial charge in [-0.05, 0) is 33.1 Å². The third-order valence-electron chi connectivity index (χ3n) is 2.07. The second kappa shape index (κ2) is 5.35. The fourth-order valence-electron chi connectivity index (χ4n) is 1.20. The second-order valence-corrected chi connectivity index (χ2v) is 6.55. The SMILES string of the molecule is CCCS(=O)(=O)CCCC(C)(C)C#N. The number of nitrogens with zero attached hydrogens (tertiary/aromatic N) is 1. The molecule has 0 aromatic heterocycles. The number of sulfone groups is 1. The molecule has 0 unspecified atom stereocenters. The molecule has 0 heterocycles. The summed E-state index contributed by atoms with van der Waals surface area (Å²) in [5, 5.41) is 8.73. The van der Waals surface area contributed by atoms with Gasteiger partial charge in [0.1, 0.15) is 9.84 Å². The maximum Gasteiger partial charge on any atom is 0.150 e. The fraction of sp³-hybridized carbons (Fsp3) is 0.900. The summed E-state index contributed by atoms with van der Waals surface area (Å²) in [6.45, 7) is 5.52. The molecule has 0 amide bonds. The van der Waals surface area contributed by atoms with Crippen molar-refractivity contribution in [3.63, 3.8) is 0 Å². The molecule has 0 aromatic carbocycles. The molecule has 0 spiro atoms. The van der Waals surface area contributed by atoms with Crippen molar-refractivity contribution < 1.29 is 8.42 Å². The molecule has 0 saturated heterocycles. The van der Waals surface area contributed by atoms with Gasteiger partial charge in [0, 0.05) is 5.75 Å². The zero-order chi connectivity index (χ0) is 11.2. The van der Waals surface area contributed by atoms with E-state index in [9.17, 15) is 8.42 Å². The standard InChI is InChI=1S/C10H19NO2S/c1-4-7-14(12,13)8-5-6-10(2,3)9-11/h4-8H2,1-3H3. The summed E-state index contributed by atoms with van der Waals surface area (Å²) < 4.78 is 22.6. The number of nitriles is 1. The van der Waals surface area contributed by atoms with Crippen LogP contribution in [-0.2, 0) is 9.84 Å². The van der Waals surface area contributed by atoms with Crippen LogP contribution in [0.25, 0.3) is 0 Å². The minimum absolute atomic E-state index is 0.214. The maximum atomic E-state index is 11.3. The van der Waals surface area contributed by atoms with E-state index in [-0.39, 0.29) is 11.5 Å². The Morgan fingerprint density at radius 3 is 2.29 bits per heavy atom. The van der Waals surface area contributed by atoms with Crippen molar-refractivity contribution >= 4 is 9.84 Å². The summed E-state index contributed by atoms with van der Waals surface area (Å²) in [4.78, 5) is 0. The second-order valence-electron chi connectivity index (χ2n) is 4.25. The normalized spacial score (nSPS) is 12.4. The lowest BCUT2D eigenvalue weighted by molar-refractivity contribution is 0.445. The Morgan fingerprint density at radius 2 is 1.86 bits per heavy atom. The Kier molecular flexibility index (Phi) is 5.14. The largest absolute Gasteiger partial charge is 0.229 e. The minimum atomic E-state index is -2.87. The van der Waals surface area contributed by atoms with Crippen LogP contribution in [0.2, 0.25) is 0 Å². The van der Waals surface area contributed by atoms with Crippen molar-refractivity contribution in [1.29, 1.82) is 5.26 Å². The zero-order valence-electron chi connectivity index (χ0n) is 9.21. The lowest BCUT2D eigenvalue weighted by Crippen LogP contribution is -2.14. The van der Waals surface area contributed by atoms with Gasteiger partial charge in [0.15, 0.2) is 0 Å². The minimum Gasteiger partial charge on any atom is -0.229 e. The molecule has 14 heavy (non-hydrogen) atoms. The highest BCUT2D eigenvalue weighted by atomic mass is 32.2. The molecule has 0 bridgehead atoms. The lowest BCUT2D eigenvalue weighted by atomic mass is 9.90. The van der Waals surface area contributed by atoms with E-state index >= 15 is 0 Å². The van der Waals surface area contributed by atoms with Crippen molar-refractivity contribution in [3.8, 4) is 6.07 Å². The third-order valence-corrected chi connectivity index (χ3v) is 4.02. The average Bonchev–Trinajstić information content (AvgIpc) is 2.03. The third kappa shape index (κ3) is 5.98. The molecule has 0 aliphatic heterocycles. The van der Waals surface area contributed by atoms with Gasteiger partial charge in [-0.3, -0.25) is 0 Å². The number of hydrogen-bond acceptors (Lipinski definition) is 3. The summed E-state index contributed by atoms with van der Waals surface area (Å²) >= 11 is 0. The van der Waals surface area contributed by atoms with Crippen molar-refractivity contribution in [2.24, 2.45) is 5.41 Å². The van der Waals surface area contributed by atoms with E-state index in [1.165, 1.54) is 0 Å². The first kappa shape index (κ1) is 13.4. The highest BCUT2D eigenvalue weighted by Gasteiger charge is 2.18. The molecular formula is C10H19NO2S. The molecule has 0 aromatic rings. The monoisotopic (exact) mass is 217 g/mol. The van der Waals surface area contributed by atoms with Gasteiger partial charge in [-0.1, -0.05) is 6.92 Å². The molecule has 0 N–H and O–H groups in total. The van der Waals surface area contributed by atoms with Gasteiger partial charge in [0.2, 0.25) is 0 Å². The smallest absolute Gasteiger partial charge is 0.150 e. The van der Waals surface area contributed by atoms with E-state index in [1.807, 2.05) is 20.8 Å². The summed E-state index contributed by atoms with van der Waals surface area (Å²) in [6.07, 6.45) is 1.90. The maximum absolute atomic E-state index is 11.3. The van der Waals surface area contributed by atoms with Gasteiger partial charge in [0.05, 0.1) is 17.2 Å². The fourth-order valence-corrected chi connectivity index (χ4v) is 2.61. The molecular weight excluding hydrogens is 198 g/mol. The first-order chi connectivity index (χ1) is 6.33. The van der Waals surface area contributed by atoms with E-state index in [0.29, 0.717) is 19.3 Å². The highest BCUT2D eigenvalue weighted by molar-refractivity contribution is 7.91. The Bertz CT molecular complexity index is 299. The topological polar surface area (TPSA) is 57.9 Å². The van der Waals surface area contributed by atoms with Crippen LogP contribution in [0.5, 0.6) is 0 Å². The van der Waals surface area contributed by atoms with E-state index in [1.54, 1.807) is 0 Å². The molecule has 0 saturated carbocycles. The van der Waals surface area contributed by atoms with Gasteiger partial charge < -0.3 is 0 Å². The summed E-state index contributed by atoms with van der Waals surface area (Å²) in [7, 11) is -2.87. The molecule has 0 radical (unpaired) electrons. The predicted octanol–water partition coefficient (Wildman–Crippen LogP) is 2.14. The molecule has 0 aliphatic rings. The van der Waals surface area contributed by atoms with E-state index < -0.39 is 15.3 Å². The number of hydrogen-bond donors (Lipinski definition) is 0. The quantitative estimate of drug-likeness (QED) is 0.685. The van der Waals surface area contributed by atoms with Crippen LogP contribution in [0.3, 0.4) is 0 Å². The number of rotatable bonds is 6. The van der Waals surface area contributed by atoms with E-state index in [2.05, 4.69) is 6.07 Å². The Labute approximate surface area is 87.0 Å². The molecule has 0 fully saturated rings. The van der Waals surface area contributed by atoms with E-state index in [0.717, 1.165) is 0 Å². The lowest BCUT2D eigenvalue weighted by Gasteiger charge is -2.14. The van der Waals surface area contributed by atoms with Crippen LogP contribution in [0.1, 0.15) is 40.0 Å². The molecule has 0 atom stereocenters. The van der Waals surface area contributed by atoms with Gasteiger partial charge in [0.25, 0.3) is 0 Å². The van der Waals surface area contributed by atoms with Crippen LogP contribution in [0, 0.1) is 16.7 Å². The van der Waals surface area contributed by atoms with Crippen LogP contribution < -0.4 is 0 Å². The molecule has 0 rings (SSSR count). The Hall–Kier alpha value is -0.560. The summed E-state index contributed by atoms with van der Waals surface area (Å²) in [5.74, 6) is 0.478. The summed E-state index contributed by atoms with van der Waals surface area (Å²) in [5.41, 5.74) is -0.401.